The molecule has 0 bridgehead atoms. The summed E-state index contributed by atoms with van der Waals surface area (Å²) >= 11 is 0. The Hall–Kier alpha value is -1.14. The van der Waals surface area contributed by atoms with Crippen LogP contribution in [0, 0.1) is 5.92 Å². The van der Waals surface area contributed by atoms with Crippen LogP contribution in [-0.2, 0) is 19.1 Å². The van der Waals surface area contributed by atoms with Crippen molar-refractivity contribution in [1.82, 2.24) is 5.32 Å². The molecule has 0 aromatic carbocycles. The average molecular weight is 273 g/mol. The van der Waals surface area contributed by atoms with E-state index in [1.165, 1.54) is 0 Å². The van der Waals surface area contributed by atoms with Crippen molar-refractivity contribution in [3.05, 3.63) is 0 Å². The maximum atomic E-state index is 11.6. The van der Waals surface area contributed by atoms with Crippen LogP contribution >= 0.6 is 0 Å². The Morgan fingerprint density at radius 1 is 1.53 bits per heavy atom. The van der Waals surface area contributed by atoms with E-state index in [-0.39, 0.29) is 18.4 Å². The molecule has 0 saturated carbocycles. The van der Waals surface area contributed by atoms with E-state index in [2.05, 4.69) is 5.32 Å². The third kappa shape index (κ3) is 6.02. The van der Waals surface area contributed by atoms with Crippen LogP contribution in [0.1, 0.15) is 32.6 Å². The highest BCUT2D eigenvalue weighted by atomic mass is 16.5. The van der Waals surface area contributed by atoms with E-state index in [0.717, 1.165) is 25.7 Å². The van der Waals surface area contributed by atoms with Crippen LogP contribution in [0.3, 0.4) is 0 Å². The first kappa shape index (κ1) is 15.9. The van der Waals surface area contributed by atoms with E-state index in [1.807, 2.05) is 6.92 Å². The number of carbonyl (C=O) groups excluding carboxylic acids is 1. The van der Waals surface area contributed by atoms with E-state index in [9.17, 15) is 14.7 Å². The summed E-state index contributed by atoms with van der Waals surface area (Å²) in [6, 6.07) is -0.887. The molecule has 0 radical (unpaired) electrons. The number of aliphatic carboxylic acids is 1. The van der Waals surface area contributed by atoms with Crippen LogP contribution in [0.15, 0.2) is 0 Å². The minimum absolute atomic E-state index is 0.0860. The summed E-state index contributed by atoms with van der Waals surface area (Å²) in [6.45, 7) is 3.52. The summed E-state index contributed by atoms with van der Waals surface area (Å²) in [4.78, 5) is 22.8. The second-order valence-corrected chi connectivity index (χ2v) is 4.77. The molecule has 0 aromatic rings. The van der Waals surface area contributed by atoms with Crippen molar-refractivity contribution in [3.8, 4) is 0 Å². The van der Waals surface area contributed by atoms with Crippen molar-refractivity contribution in [2.24, 2.45) is 5.92 Å². The van der Waals surface area contributed by atoms with Crippen LogP contribution in [0.4, 0.5) is 0 Å². The van der Waals surface area contributed by atoms with Gasteiger partial charge < -0.3 is 19.9 Å². The molecule has 6 nitrogen and oxygen atoms in total. The van der Waals surface area contributed by atoms with E-state index >= 15 is 0 Å². The number of amides is 1. The molecule has 0 aromatic heterocycles. The first-order valence-corrected chi connectivity index (χ1v) is 6.82. The Morgan fingerprint density at radius 2 is 2.32 bits per heavy atom. The van der Waals surface area contributed by atoms with Crippen LogP contribution in [-0.4, -0.2) is 49.5 Å². The Kier molecular flexibility index (Phi) is 7.43. The fourth-order valence-corrected chi connectivity index (χ4v) is 2.04. The summed E-state index contributed by atoms with van der Waals surface area (Å²) in [5, 5.41) is 11.7. The SMILES string of the molecule is CCCCOCC(=O)NC(C(=O)O)C1CCCOC1. The van der Waals surface area contributed by atoms with Gasteiger partial charge in [-0.3, -0.25) is 4.79 Å². The van der Waals surface area contributed by atoms with Gasteiger partial charge in [0.15, 0.2) is 0 Å². The van der Waals surface area contributed by atoms with Gasteiger partial charge in [0, 0.05) is 19.1 Å². The lowest BCUT2D eigenvalue weighted by Gasteiger charge is -2.28. The van der Waals surface area contributed by atoms with Crippen LogP contribution in [0.2, 0.25) is 0 Å². The van der Waals surface area contributed by atoms with Gasteiger partial charge in [-0.25, -0.2) is 4.79 Å². The minimum atomic E-state index is -1.02. The fraction of sp³-hybridized carbons (Fsp3) is 0.846. The first-order chi connectivity index (χ1) is 9.15. The number of ether oxygens (including phenoxy) is 2. The zero-order valence-electron chi connectivity index (χ0n) is 11.4. The van der Waals surface area contributed by atoms with Gasteiger partial charge in [0.1, 0.15) is 12.6 Å². The van der Waals surface area contributed by atoms with Gasteiger partial charge in [0.25, 0.3) is 0 Å². The van der Waals surface area contributed by atoms with Gasteiger partial charge in [-0.2, -0.15) is 0 Å². The number of hydrogen-bond acceptors (Lipinski definition) is 4. The Morgan fingerprint density at radius 3 is 2.89 bits per heavy atom. The van der Waals surface area contributed by atoms with E-state index < -0.39 is 12.0 Å². The predicted octanol–water partition coefficient (Wildman–Crippen LogP) is 0.799. The quantitative estimate of drug-likeness (QED) is 0.639. The van der Waals surface area contributed by atoms with Crippen molar-refractivity contribution in [2.75, 3.05) is 26.4 Å². The van der Waals surface area contributed by atoms with Gasteiger partial charge in [0.2, 0.25) is 5.91 Å². The monoisotopic (exact) mass is 273 g/mol. The van der Waals surface area contributed by atoms with Crippen LogP contribution in [0.25, 0.3) is 0 Å². The summed E-state index contributed by atoms with van der Waals surface area (Å²) in [6.07, 6.45) is 3.48. The van der Waals surface area contributed by atoms with Gasteiger partial charge in [-0.05, 0) is 19.3 Å². The lowest BCUT2D eigenvalue weighted by Crippen LogP contribution is -2.49. The summed E-state index contributed by atoms with van der Waals surface area (Å²) < 4.78 is 10.4. The molecular weight excluding hydrogens is 250 g/mol. The van der Waals surface area contributed by atoms with Gasteiger partial charge in [-0.1, -0.05) is 13.3 Å². The van der Waals surface area contributed by atoms with Crippen molar-refractivity contribution in [1.29, 1.82) is 0 Å². The molecule has 1 fully saturated rings. The molecule has 2 atom stereocenters. The Balaban J connectivity index is 2.35. The standard InChI is InChI=1S/C13H23NO5/c1-2-3-6-19-9-11(15)14-12(13(16)17)10-5-4-7-18-8-10/h10,12H,2-9H2,1H3,(H,14,15)(H,16,17). The molecule has 2 unspecified atom stereocenters. The van der Waals surface area contributed by atoms with Crippen molar-refractivity contribution >= 4 is 11.9 Å². The molecule has 1 rings (SSSR count). The van der Waals surface area contributed by atoms with Crippen LogP contribution < -0.4 is 5.32 Å². The smallest absolute Gasteiger partial charge is 0.326 e. The topological polar surface area (TPSA) is 84.9 Å². The third-order valence-corrected chi connectivity index (χ3v) is 3.12. The number of carbonyl (C=O) groups is 2. The normalized spacial score (nSPS) is 20.8. The number of carboxylic acids is 1. The number of nitrogens with one attached hydrogen (secondary N) is 1. The maximum Gasteiger partial charge on any atom is 0.326 e. The van der Waals surface area contributed by atoms with Gasteiger partial charge in [-0.15, -0.1) is 0 Å². The molecular formula is C13H23NO5. The number of rotatable bonds is 8. The summed E-state index contributed by atoms with van der Waals surface area (Å²) in [5.41, 5.74) is 0. The molecule has 0 aliphatic carbocycles. The highest BCUT2D eigenvalue weighted by Crippen LogP contribution is 2.17. The van der Waals surface area contributed by atoms with Crippen LogP contribution in [0.5, 0.6) is 0 Å². The maximum absolute atomic E-state index is 11.6. The highest BCUT2D eigenvalue weighted by molar-refractivity contribution is 5.84. The van der Waals surface area contributed by atoms with Gasteiger partial charge >= 0.3 is 5.97 Å². The van der Waals surface area contributed by atoms with Crippen molar-refractivity contribution < 1.29 is 24.2 Å². The lowest BCUT2D eigenvalue weighted by molar-refractivity contribution is -0.145. The number of hydrogen-bond donors (Lipinski definition) is 2. The molecule has 0 spiro atoms. The molecule has 1 aliphatic heterocycles. The summed E-state index contributed by atoms with van der Waals surface area (Å²) in [5.74, 6) is -1.56. The third-order valence-electron chi connectivity index (χ3n) is 3.12. The van der Waals surface area contributed by atoms with Crippen molar-refractivity contribution in [3.63, 3.8) is 0 Å². The predicted molar refractivity (Wildman–Crippen MR) is 68.8 cm³/mol. The zero-order valence-corrected chi connectivity index (χ0v) is 11.4. The minimum Gasteiger partial charge on any atom is -0.480 e. The van der Waals surface area contributed by atoms with E-state index in [4.69, 9.17) is 9.47 Å². The molecule has 1 heterocycles. The summed E-state index contributed by atoms with van der Waals surface area (Å²) in [7, 11) is 0. The lowest BCUT2D eigenvalue weighted by atomic mass is 9.94. The van der Waals surface area contributed by atoms with Crippen molar-refractivity contribution in [2.45, 2.75) is 38.6 Å². The second kappa shape index (κ2) is 8.87. The fourth-order valence-electron chi connectivity index (χ4n) is 2.04. The molecule has 1 aliphatic rings. The molecule has 6 heteroatoms. The number of carboxylic acid groups (broad SMARTS) is 1. The van der Waals surface area contributed by atoms with Gasteiger partial charge in [0.05, 0.1) is 6.61 Å². The Labute approximate surface area is 113 Å². The molecule has 110 valence electrons. The average Bonchev–Trinajstić information content (AvgIpc) is 2.41. The Bertz CT molecular complexity index is 289. The first-order valence-electron chi connectivity index (χ1n) is 6.82. The number of unbranched alkanes of at least 4 members (excludes halogenated alkanes) is 1. The molecule has 1 amide bonds. The zero-order chi connectivity index (χ0) is 14.1. The largest absolute Gasteiger partial charge is 0.480 e. The van der Waals surface area contributed by atoms with E-state index in [0.29, 0.717) is 19.8 Å². The highest BCUT2D eigenvalue weighted by Gasteiger charge is 2.31. The molecule has 19 heavy (non-hydrogen) atoms. The van der Waals surface area contributed by atoms with E-state index in [1.54, 1.807) is 0 Å². The molecule has 2 N–H and O–H groups in total. The second-order valence-electron chi connectivity index (χ2n) is 4.77. The molecule has 1 saturated heterocycles.